The summed E-state index contributed by atoms with van der Waals surface area (Å²) in [5.41, 5.74) is 2.75. The molecular weight excluding hydrogens is 363 g/mol. The maximum absolute atomic E-state index is 13.3. The molecule has 0 saturated carbocycles. The number of hydrogen-bond donors (Lipinski definition) is 2. The van der Waals surface area contributed by atoms with E-state index in [2.05, 4.69) is 15.0 Å². The lowest BCUT2D eigenvalue weighted by Crippen LogP contribution is -1.90. The molecule has 4 aromatic rings. The maximum Gasteiger partial charge on any atom is 0.311 e. The number of H-pyrrole nitrogens is 1. The Kier molecular flexibility index (Phi) is 4.29. The van der Waals surface area contributed by atoms with E-state index in [9.17, 15) is 19.6 Å². The van der Waals surface area contributed by atoms with Gasteiger partial charge in [-0.05, 0) is 48.5 Å². The summed E-state index contributed by atoms with van der Waals surface area (Å²) in [6.07, 6.45) is 3.27. The first kappa shape index (κ1) is 17.3. The van der Waals surface area contributed by atoms with Crippen molar-refractivity contribution in [2.75, 3.05) is 0 Å². The zero-order valence-electron chi connectivity index (χ0n) is 14.3. The molecule has 28 heavy (non-hydrogen) atoms. The van der Waals surface area contributed by atoms with Crippen LogP contribution in [-0.4, -0.2) is 25.0 Å². The number of phenolic OH excluding ortho intramolecular Hbond substituents is 1. The summed E-state index contributed by atoms with van der Waals surface area (Å²) in [6.45, 7) is 0. The van der Waals surface area contributed by atoms with Gasteiger partial charge in [0, 0.05) is 35.2 Å². The summed E-state index contributed by atoms with van der Waals surface area (Å²) in [5.74, 6) is -0.401. The van der Waals surface area contributed by atoms with E-state index >= 15 is 0 Å². The summed E-state index contributed by atoms with van der Waals surface area (Å²) >= 11 is 0. The summed E-state index contributed by atoms with van der Waals surface area (Å²) in [6, 6.07) is 13.5. The first-order valence-corrected chi connectivity index (χ1v) is 8.27. The van der Waals surface area contributed by atoms with E-state index in [-0.39, 0.29) is 5.82 Å². The van der Waals surface area contributed by atoms with Crippen LogP contribution in [0.4, 0.5) is 10.1 Å². The molecule has 0 amide bonds. The van der Waals surface area contributed by atoms with E-state index < -0.39 is 16.4 Å². The molecule has 7 nitrogen and oxygen atoms in total. The molecule has 0 spiro atoms. The van der Waals surface area contributed by atoms with Gasteiger partial charge in [-0.2, -0.15) is 0 Å². The Morgan fingerprint density at radius 3 is 2.32 bits per heavy atom. The molecule has 0 aliphatic rings. The van der Waals surface area contributed by atoms with E-state index in [0.717, 1.165) is 5.56 Å². The van der Waals surface area contributed by atoms with E-state index in [1.807, 2.05) is 0 Å². The zero-order chi connectivity index (χ0) is 19.7. The van der Waals surface area contributed by atoms with Crippen molar-refractivity contribution < 1.29 is 14.4 Å². The standard InChI is InChI=1S/C20H13FN4O3/c21-15-4-1-12(2-5-15)18-19(13-7-9-22-10-8-13)24-20(23-18)14-3-6-17(26)16(11-14)25(27)28/h1-11,26H,(H,23,24). The molecule has 0 unspecified atom stereocenters. The lowest BCUT2D eigenvalue weighted by Gasteiger charge is -2.02. The van der Waals surface area contributed by atoms with Gasteiger partial charge in [0.25, 0.3) is 0 Å². The quantitative estimate of drug-likeness (QED) is 0.401. The third kappa shape index (κ3) is 3.18. The molecule has 0 aliphatic carbocycles. The van der Waals surface area contributed by atoms with Gasteiger partial charge < -0.3 is 10.1 Å². The summed E-state index contributed by atoms with van der Waals surface area (Å²) in [7, 11) is 0. The molecule has 0 aliphatic heterocycles. The Morgan fingerprint density at radius 2 is 1.64 bits per heavy atom. The topological polar surface area (TPSA) is 105 Å². The second kappa shape index (κ2) is 6.92. The van der Waals surface area contributed by atoms with Crippen LogP contribution in [0.3, 0.4) is 0 Å². The molecular formula is C20H13FN4O3. The van der Waals surface area contributed by atoms with Gasteiger partial charge in [0.1, 0.15) is 11.6 Å². The highest BCUT2D eigenvalue weighted by atomic mass is 19.1. The van der Waals surface area contributed by atoms with Gasteiger partial charge in [0.2, 0.25) is 0 Å². The van der Waals surface area contributed by atoms with Gasteiger partial charge in [-0.25, -0.2) is 9.37 Å². The van der Waals surface area contributed by atoms with Gasteiger partial charge in [-0.1, -0.05) is 0 Å². The van der Waals surface area contributed by atoms with Crippen molar-refractivity contribution in [3.63, 3.8) is 0 Å². The van der Waals surface area contributed by atoms with Crippen LogP contribution in [0.5, 0.6) is 5.75 Å². The molecule has 0 radical (unpaired) electrons. The number of nitrogens with zero attached hydrogens (tertiary/aromatic N) is 3. The van der Waals surface area contributed by atoms with Crippen LogP contribution in [0.2, 0.25) is 0 Å². The van der Waals surface area contributed by atoms with Crippen molar-refractivity contribution in [2.24, 2.45) is 0 Å². The highest BCUT2D eigenvalue weighted by Crippen LogP contribution is 2.35. The van der Waals surface area contributed by atoms with Gasteiger partial charge in [-0.3, -0.25) is 15.1 Å². The van der Waals surface area contributed by atoms with Crippen molar-refractivity contribution in [3.8, 4) is 39.7 Å². The zero-order valence-corrected chi connectivity index (χ0v) is 14.3. The average molecular weight is 376 g/mol. The number of imidazole rings is 1. The minimum Gasteiger partial charge on any atom is -0.502 e. The SMILES string of the molecule is O=[N+]([O-])c1cc(-c2nc(-c3ccc(F)cc3)c(-c3ccncc3)[nH]2)ccc1O. The highest BCUT2D eigenvalue weighted by Gasteiger charge is 2.19. The van der Waals surface area contributed by atoms with Crippen LogP contribution in [-0.2, 0) is 0 Å². The molecule has 2 aromatic heterocycles. The molecule has 0 saturated heterocycles. The van der Waals surface area contributed by atoms with E-state index in [0.29, 0.717) is 28.3 Å². The number of aromatic nitrogens is 3. The largest absolute Gasteiger partial charge is 0.502 e. The summed E-state index contributed by atoms with van der Waals surface area (Å²) < 4.78 is 13.3. The fourth-order valence-electron chi connectivity index (χ4n) is 2.87. The first-order chi connectivity index (χ1) is 13.5. The lowest BCUT2D eigenvalue weighted by molar-refractivity contribution is -0.385. The number of nitrogens with one attached hydrogen (secondary N) is 1. The Hall–Kier alpha value is -4.07. The number of pyridine rings is 1. The van der Waals surface area contributed by atoms with E-state index in [1.165, 1.54) is 30.3 Å². The molecule has 0 bridgehead atoms. The number of aromatic hydroxyl groups is 1. The number of halogens is 1. The van der Waals surface area contributed by atoms with Crippen molar-refractivity contribution >= 4 is 5.69 Å². The summed E-state index contributed by atoms with van der Waals surface area (Å²) in [5, 5.41) is 20.8. The number of nitro benzene ring substituents is 1. The van der Waals surface area contributed by atoms with E-state index in [1.54, 1.807) is 36.7 Å². The molecule has 2 heterocycles. The van der Waals surface area contributed by atoms with Crippen LogP contribution in [0.1, 0.15) is 0 Å². The van der Waals surface area contributed by atoms with Crippen molar-refractivity contribution in [2.45, 2.75) is 0 Å². The summed E-state index contributed by atoms with van der Waals surface area (Å²) in [4.78, 5) is 22.2. The van der Waals surface area contributed by atoms with Gasteiger partial charge >= 0.3 is 5.69 Å². The normalized spacial score (nSPS) is 10.8. The monoisotopic (exact) mass is 376 g/mol. The predicted octanol–water partition coefficient (Wildman–Crippen LogP) is 4.56. The fraction of sp³-hybridized carbons (Fsp3) is 0. The van der Waals surface area contributed by atoms with Gasteiger partial charge in [-0.15, -0.1) is 0 Å². The number of hydrogen-bond acceptors (Lipinski definition) is 5. The molecule has 138 valence electrons. The lowest BCUT2D eigenvalue weighted by atomic mass is 10.1. The van der Waals surface area contributed by atoms with E-state index in [4.69, 9.17) is 0 Å². The van der Waals surface area contributed by atoms with Gasteiger partial charge in [0.05, 0.1) is 16.3 Å². The smallest absolute Gasteiger partial charge is 0.311 e. The highest BCUT2D eigenvalue weighted by molar-refractivity contribution is 5.81. The molecule has 8 heteroatoms. The minimum atomic E-state index is -0.660. The molecule has 2 aromatic carbocycles. The van der Waals surface area contributed by atoms with Crippen LogP contribution in [0.15, 0.2) is 67.0 Å². The Morgan fingerprint density at radius 1 is 0.964 bits per heavy atom. The number of phenols is 1. The number of benzene rings is 2. The number of aromatic amines is 1. The number of nitro groups is 1. The second-order valence-electron chi connectivity index (χ2n) is 6.01. The van der Waals surface area contributed by atoms with Crippen LogP contribution < -0.4 is 0 Å². The molecule has 0 fully saturated rings. The molecule has 0 atom stereocenters. The average Bonchev–Trinajstić information content (AvgIpc) is 3.15. The van der Waals surface area contributed by atoms with Crippen LogP contribution in [0, 0.1) is 15.9 Å². The molecule has 2 N–H and O–H groups in total. The van der Waals surface area contributed by atoms with Crippen molar-refractivity contribution in [3.05, 3.63) is 82.9 Å². The third-order valence-corrected chi connectivity index (χ3v) is 4.24. The second-order valence-corrected chi connectivity index (χ2v) is 6.01. The van der Waals surface area contributed by atoms with Crippen LogP contribution in [0.25, 0.3) is 33.9 Å². The Labute approximate surface area is 158 Å². The van der Waals surface area contributed by atoms with Crippen LogP contribution >= 0.6 is 0 Å². The fourth-order valence-corrected chi connectivity index (χ4v) is 2.87. The van der Waals surface area contributed by atoms with Gasteiger partial charge in [0.15, 0.2) is 5.75 Å². The Balaban J connectivity index is 1.90. The third-order valence-electron chi connectivity index (χ3n) is 4.24. The maximum atomic E-state index is 13.3. The van der Waals surface area contributed by atoms with Crippen molar-refractivity contribution in [1.29, 1.82) is 0 Å². The number of rotatable bonds is 4. The first-order valence-electron chi connectivity index (χ1n) is 8.27. The van der Waals surface area contributed by atoms with Crippen molar-refractivity contribution in [1.82, 2.24) is 15.0 Å². The predicted molar refractivity (Wildman–Crippen MR) is 101 cm³/mol. The molecule has 4 rings (SSSR count). The Bertz CT molecular complexity index is 1160. The minimum absolute atomic E-state index is 0.362.